The van der Waals surface area contributed by atoms with Crippen LogP contribution in [0.15, 0.2) is 30.3 Å². The van der Waals surface area contributed by atoms with Crippen molar-refractivity contribution in [1.82, 2.24) is 20.0 Å². The van der Waals surface area contributed by atoms with Crippen molar-refractivity contribution in [2.24, 2.45) is 5.92 Å². The van der Waals surface area contributed by atoms with Crippen molar-refractivity contribution in [2.45, 2.75) is 66.1 Å². The lowest BCUT2D eigenvalue weighted by Crippen LogP contribution is -2.63. The molecule has 0 spiro atoms. The summed E-state index contributed by atoms with van der Waals surface area (Å²) in [6.07, 6.45) is 1.77. The molecule has 0 bridgehead atoms. The number of nitrogens with one attached hydrogen (secondary N) is 1. The van der Waals surface area contributed by atoms with Gasteiger partial charge in [0.1, 0.15) is 11.2 Å². The Morgan fingerprint density at radius 2 is 1.85 bits per heavy atom. The minimum Gasteiger partial charge on any atom is -0.461 e. The van der Waals surface area contributed by atoms with Crippen molar-refractivity contribution in [2.75, 3.05) is 13.2 Å². The fourth-order valence-corrected chi connectivity index (χ4v) is 3.92. The van der Waals surface area contributed by atoms with Crippen molar-refractivity contribution >= 4 is 17.8 Å². The Kier molecular flexibility index (Phi) is 7.56. The Morgan fingerprint density at radius 1 is 1.18 bits per heavy atom. The van der Waals surface area contributed by atoms with E-state index in [4.69, 9.17) is 4.74 Å². The molecule has 0 saturated heterocycles. The third-order valence-corrected chi connectivity index (χ3v) is 6.05. The van der Waals surface area contributed by atoms with Gasteiger partial charge in [0.05, 0.1) is 13.2 Å². The molecule has 8 nitrogen and oxygen atoms in total. The first-order valence-electron chi connectivity index (χ1n) is 11.6. The van der Waals surface area contributed by atoms with Gasteiger partial charge in [0.15, 0.2) is 5.69 Å². The normalized spacial score (nSPS) is 17.8. The average Bonchev–Trinajstić information content (AvgIpc) is 3.21. The SMILES string of the molecule is CCOC(=O)c1cc2n(n1)CC(C)(C(=O)NCCC(C)C)N(Cc1ccc(CC)cc1)C2=O. The zero-order valence-electron chi connectivity index (χ0n) is 20.2. The molecule has 1 unspecified atom stereocenters. The molecule has 1 N–H and O–H groups in total. The van der Waals surface area contributed by atoms with E-state index in [-0.39, 0.29) is 42.9 Å². The highest BCUT2D eigenvalue weighted by molar-refractivity contribution is 6.01. The zero-order valence-corrected chi connectivity index (χ0v) is 20.2. The molecule has 3 rings (SSSR count). The molecule has 0 fully saturated rings. The molecule has 2 heterocycles. The van der Waals surface area contributed by atoms with E-state index in [9.17, 15) is 14.4 Å². The van der Waals surface area contributed by atoms with Crippen LogP contribution < -0.4 is 5.32 Å². The van der Waals surface area contributed by atoms with Crippen LogP contribution in [0.2, 0.25) is 0 Å². The molecule has 0 aliphatic carbocycles. The van der Waals surface area contributed by atoms with E-state index < -0.39 is 11.5 Å². The number of esters is 1. The molecule has 0 saturated carbocycles. The van der Waals surface area contributed by atoms with Gasteiger partial charge in [0, 0.05) is 19.2 Å². The summed E-state index contributed by atoms with van der Waals surface area (Å²) in [4.78, 5) is 40.7. The fourth-order valence-electron chi connectivity index (χ4n) is 3.92. The fraction of sp³-hybridized carbons (Fsp3) is 0.520. The van der Waals surface area contributed by atoms with Crippen LogP contribution in [-0.4, -0.2) is 51.2 Å². The summed E-state index contributed by atoms with van der Waals surface area (Å²) in [6, 6.07) is 9.49. The van der Waals surface area contributed by atoms with Crippen LogP contribution in [0.3, 0.4) is 0 Å². The Labute approximate surface area is 195 Å². The van der Waals surface area contributed by atoms with Gasteiger partial charge < -0.3 is 15.0 Å². The number of benzene rings is 1. The summed E-state index contributed by atoms with van der Waals surface area (Å²) in [6.45, 7) is 10.9. The third-order valence-electron chi connectivity index (χ3n) is 6.05. The second-order valence-corrected chi connectivity index (χ2v) is 9.07. The molecular formula is C25H34N4O4. The summed E-state index contributed by atoms with van der Waals surface area (Å²) in [7, 11) is 0. The number of amides is 2. The van der Waals surface area contributed by atoms with Crippen LogP contribution >= 0.6 is 0 Å². The lowest BCUT2D eigenvalue weighted by Gasteiger charge is -2.43. The van der Waals surface area contributed by atoms with E-state index in [1.807, 2.05) is 24.3 Å². The minimum absolute atomic E-state index is 0.0666. The predicted molar refractivity (Wildman–Crippen MR) is 125 cm³/mol. The van der Waals surface area contributed by atoms with E-state index in [0.717, 1.165) is 18.4 Å². The van der Waals surface area contributed by atoms with Gasteiger partial charge in [-0.1, -0.05) is 45.0 Å². The molecule has 1 aromatic carbocycles. The van der Waals surface area contributed by atoms with Gasteiger partial charge in [-0.05, 0) is 43.7 Å². The van der Waals surface area contributed by atoms with Crippen LogP contribution in [0.4, 0.5) is 0 Å². The molecule has 2 aromatic rings. The molecule has 1 aliphatic rings. The number of hydrogen-bond acceptors (Lipinski definition) is 5. The molecule has 2 amide bonds. The number of ether oxygens (including phenoxy) is 1. The van der Waals surface area contributed by atoms with E-state index in [0.29, 0.717) is 12.5 Å². The van der Waals surface area contributed by atoms with Crippen LogP contribution in [0.5, 0.6) is 0 Å². The van der Waals surface area contributed by atoms with Crippen LogP contribution in [0.1, 0.15) is 73.1 Å². The van der Waals surface area contributed by atoms with Crippen LogP contribution in [-0.2, 0) is 29.0 Å². The van der Waals surface area contributed by atoms with Crippen molar-refractivity contribution in [3.05, 3.63) is 52.8 Å². The number of nitrogens with zero attached hydrogens (tertiary/aromatic N) is 3. The summed E-state index contributed by atoms with van der Waals surface area (Å²) in [5.74, 6) is -0.716. The lowest BCUT2D eigenvalue weighted by atomic mass is 9.93. The van der Waals surface area contributed by atoms with Gasteiger partial charge in [-0.25, -0.2) is 4.79 Å². The van der Waals surface area contributed by atoms with Crippen molar-refractivity contribution in [3.63, 3.8) is 0 Å². The van der Waals surface area contributed by atoms with Gasteiger partial charge in [-0.2, -0.15) is 5.10 Å². The Bertz CT molecular complexity index is 1010. The van der Waals surface area contributed by atoms with E-state index in [2.05, 4.69) is 31.2 Å². The highest BCUT2D eigenvalue weighted by atomic mass is 16.5. The number of carbonyl (C=O) groups is 3. The van der Waals surface area contributed by atoms with E-state index in [1.165, 1.54) is 16.3 Å². The molecule has 1 aliphatic heterocycles. The first-order chi connectivity index (χ1) is 15.7. The highest BCUT2D eigenvalue weighted by Crippen LogP contribution is 2.29. The monoisotopic (exact) mass is 454 g/mol. The highest BCUT2D eigenvalue weighted by Gasteiger charge is 2.48. The maximum atomic E-state index is 13.6. The third kappa shape index (κ3) is 5.26. The first kappa shape index (κ1) is 24.5. The average molecular weight is 455 g/mol. The Hall–Kier alpha value is -3.16. The number of hydrogen-bond donors (Lipinski definition) is 1. The summed E-state index contributed by atoms with van der Waals surface area (Å²) in [5.41, 5.74) is 1.31. The van der Waals surface area contributed by atoms with Gasteiger partial charge in [0.25, 0.3) is 5.91 Å². The Balaban J connectivity index is 1.95. The lowest BCUT2D eigenvalue weighted by molar-refractivity contribution is -0.133. The number of rotatable bonds is 9. The number of carbonyl (C=O) groups excluding carboxylic acids is 3. The molecule has 178 valence electrons. The van der Waals surface area contributed by atoms with Crippen LogP contribution in [0, 0.1) is 5.92 Å². The standard InChI is InChI=1S/C25H34N4O4/c1-6-18-8-10-19(11-9-18)15-28-22(30)21-14-20(23(31)33-7-2)27-29(21)16-25(28,5)24(32)26-13-12-17(3)4/h8-11,14,17H,6-7,12-13,15-16H2,1-5H3,(H,26,32). The van der Waals surface area contributed by atoms with Gasteiger partial charge in [-0.3, -0.25) is 14.3 Å². The second kappa shape index (κ2) is 10.2. The number of aryl methyl sites for hydroxylation is 1. The van der Waals surface area contributed by atoms with Gasteiger partial charge in [0.2, 0.25) is 5.91 Å². The van der Waals surface area contributed by atoms with Crippen molar-refractivity contribution < 1.29 is 19.1 Å². The molecule has 0 radical (unpaired) electrons. The van der Waals surface area contributed by atoms with E-state index >= 15 is 0 Å². The van der Waals surface area contributed by atoms with Gasteiger partial charge in [-0.15, -0.1) is 0 Å². The Morgan fingerprint density at radius 3 is 2.45 bits per heavy atom. The predicted octanol–water partition coefficient (Wildman–Crippen LogP) is 3.20. The topological polar surface area (TPSA) is 93.5 Å². The van der Waals surface area contributed by atoms with E-state index in [1.54, 1.807) is 18.7 Å². The number of fused-ring (bicyclic) bond motifs is 1. The second-order valence-electron chi connectivity index (χ2n) is 9.07. The summed E-state index contributed by atoms with van der Waals surface area (Å²) >= 11 is 0. The van der Waals surface area contributed by atoms with Crippen LogP contribution in [0.25, 0.3) is 0 Å². The first-order valence-corrected chi connectivity index (χ1v) is 11.6. The summed E-state index contributed by atoms with van der Waals surface area (Å²) < 4.78 is 6.49. The van der Waals surface area contributed by atoms with Crippen molar-refractivity contribution in [1.29, 1.82) is 0 Å². The largest absolute Gasteiger partial charge is 0.461 e. The number of aromatic nitrogens is 2. The molecular weight excluding hydrogens is 420 g/mol. The minimum atomic E-state index is -1.16. The molecule has 1 aromatic heterocycles. The van der Waals surface area contributed by atoms with Gasteiger partial charge >= 0.3 is 5.97 Å². The zero-order chi connectivity index (χ0) is 24.2. The molecule has 33 heavy (non-hydrogen) atoms. The summed E-state index contributed by atoms with van der Waals surface area (Å²) in [5, 5.41) is 7.28. The quantitative estimate of drug-likeness (QED) is 0.588. The smallest absolute Gasteiger partial charge is 0.358 e. The van der Waals surface area contributed by atoms with Crippen molar-refractivity contribution in [3.8, 4) is 0 Å². The maximum Gasteiger partial charge on any atom is 0.358 e. The maximum absolute atomic E-state index is 13.6. The molecule has 8 heteroatoms. The molecule has 1 atom stereocenters.